The quantitative estimate of drug-likeness (QED) is 0.414. The molecule has 1 aromatic carbocycles. The van der Waals surface area contributed by atoms with Crippen molar-refractivity contribution >= 4 is 27.3 Å². The van der Waals surface area contributed by atoms with E-state index in [0.29, 0.717) is 0 Å². The third-order valence-corrected chi connectivity index (χ3v) is 2.03. The summed E-state index contributed by atoms with van der Waals surface area (Å²) in [6.07, 6.45) is 0. The standard InChI is InChI=1S/C6H4BrF3N2/c7-1-2(8)5(11)4(10)6(12)3(1)9/h11-12H2. The van der Waals surface area contributed by atoms with Crippen LogP contribution in [0, 0.1) is 17.5 Å². The van der Waals surface area contributed by atoms with E-state index in [1.165, 1.54) is 0 Å². The molecule has 1 aromatic rings. The van der Waals surface area contributed by atoms with Gasteiger partial charge in [0.05, 0.1) is 4.47 Å². The van der Waals surface area contributed by atoms with Crippen LogP contribution in [0.3, 0.4) is 0 Å². The average Bonchev–Trinajstić information content (AvgIpc) is 2.08. The number of nitrogens with two attached hydrogens (primary N) is 2. The Morgan fingerprint density at radius 3 is 1.50 bits per heavy atom. The van der Waals surface area contributed by atoms with E-state index in [-0.39, 0.29) is 0 Å². The number of benzene rings is 1. The first-order valence-corrected chi connectivity index (χ1v) is 3.63. The number of nitrogen functional groups attached to an aromatic ring is 2. The van der Waals surface area contributed by atoms with Gasteiger partial charge in [-0.05, 0) is 15.9 Å². The lowest BCUT2D eigenvalue weighted by Crippen LogP contribution is -2.04. The zero-order chi connectivity index (χ0) is 9.46. The van der Waals surface area contributed by atoms with Gasteiger partial charge in [-0.25, -0.2) is 13.2 Å². The highest BCUT2D eigenvalue weighted by Gasteiger charge is 2.19. The predicted octanol–water partition coefficient (Wildman–Crippen LogP) is 2.03. The summed E-state index contributed by atoms with van der Waals surface area (Å²) in [4.78, 5) is 0. The number of halogens is 4. The second-order valence-corrected chi connectivity index (χ2v) is 2.88. The summed E-state index contributed by atoms with van der Waals surface area (Å²) in [5.41, 5.74) is 8.27. The maximum Gasteiger partial charge on any atom is 0.175 e. The molecular weight excluding hydrogens is 237 g/mol. The van der Waals surface area contributed by atoms with Gasteiger partial charge in [0.1, 0.15) is 11.4 Å². The summed E-state index contributed by atoms with van der Waals surface area (Å²) in [7, 11) is 0. The van der Waals surface area contributed by atoms with Crippen LogP contribution in [0.25, 0.3) is 0 Å². The van der Waals surface area contributed by atoms with Gasteiger partial charge in [-0.3, -0.25) is 0 Å². The van der Waals surface area contributed by atoms with E-state index in [9.17, 15) is 13.2 Å². The highest BCUT2D eigenvalue weighted by molar-refractivity contribution is 9.10. The van der Waals surface area contributed by atoms with Crippen molar-refractivity contribution in [1.29, 1.82) is 0 Å². The minimum atomic E-state index is -1.27. The van der Waals surface area contributed by atoms with Gasteiger partial charge in [0, 0.05) is 0 Å². The zero-order valence-electron chi connectivity index (χ0n) is 5.67. The van der Waals surface area contributed by atoms with E-state index < -0.39 is 33.3 Å². The molecule has 0 aliphatic rings. The largest absolute Gasteiger partial charge is 0.394 e. The second kappa shape index (κ2) is 2.85. The van der Waals surface area contributed by atoms with Gasteiger partial charge in [-0.1, -0.05) is 0 Å². The van der Waals surface area contributed by atoms with Crippen molar-refractivity contribution < 1.29 is 13.2 Å². The molecule has 0 atom stereocenters. The molecule has 0 amide bonds. The smallest absolute Gasteiger partial charge is 0.175 e. The van der Waals surface area contributed by atoms with Crippen molar-refractivity contribution in [3.63, 3.8) is 0 Å². The molecule has 0 saturated carbocycles. The van der Waals surface area contributed by atoms with Crippen LogP contribution in [-0.4, -0.2) is 0 Å². The Bertz CT molecular complexity index is 235. The lowest BCUT2D eigenvalue weighted by molar-refractivity contribution is 0.547. The average molecular weight is 241 g/mol. The third kappa shape index (κ3) is 1.12. The van der Waals surface area contributed by atoms with Gasteiger partial charge in [0.2, 0.25) is 0 Å². The third-order valence-electron chi connectivity index (χ3n) is 1.33. The SMILES string of the molecule is Nc1c(F)c(N)c(F)c(Br)c1F. The Balaban J connectivity index is 3.60. The van der Waals surface area contributed by atoms with E-state index in [1.807, 2.05) is 0 Å². The van der Waals surface area contributed by atoms with Crippen LogP contribution in [0.2, 0.25) is 0 Å². The Kier molecular flexibility index (Phi) is 2.18. The zero-order valence-corrected chi connectivity index (χ0v) is 7.25. The van der Waals surface area contributed by atoms with Crippen molar-refractivity contribution in [3.05, 3.63) is 21.9 Å². The number of hydrogen-bond acceptors (Lipinski definition) is 2. The van der Waals surface area contributed by atoms with Crippen LogP contribution in [0.4, 0.5) is 24.5 Å². The maximum absolute atomic E-state index is 12.7. The first kappa shape index (κ1) is 9.18. The van der Waals surface area contributed by atoms with Crippen LogP contribution >= 0.6 is 15.9 Å². The van der Waals surface area contributed by atoms with Crippen molar-refractivity contribution in [1.82, 2.24) is 0 Å². The normalized spacial score (nSPS) is 10.3. The molecule has 0 unspecified atom stereocenters. The molecule has 12 heavy (non-hydrogen) atoms. The van der Waals surface area contributed by atoms with Crippen LogP contribution in [0.15, 0.2) is 4.47 Å². The summed E-state index contributed by atoms with van der Waals surface area (Å²) in [6, 6.07) is 0. The van der Waals surface area contributed by atoms with Gasteiger partial charge in [-0.2, -0.15) is 0 Å². The molecule has 0 bridgehead atoms. The summed E-state index contributed by atoms with van der Waals surface area (Å²) < 4.78 is 37.6. The van der Waals surface area contributed by atoms with Crippen LogP contribution in [-0.2, 0) is 0 Å². The van der Waals surface area contributed by atoms with E-state index in [4.69, 9.17) is 11.5 Å². The van der Waals surface area contributed by atoms with Crippen molar-refractivity contribution in [2.75, 3.05) is 11.5 Å². The summed E-state index contributed by atoms with van der Waals surface area (Å²) in [6.45, 7) is 0. The lowest BCUT2D eigenvalue weighted by atomic mass is 10.2. The molecule has 0 spiro atoms. The molecule has 1 rings (SSSR count). The Morgan fingerprint density at radius 1 is 0.833 bits per heavy atom. The number of anilines is 2. The Hall–Kier alpha value is -0.910. The monoisotopic (exact) mass is 240 g/mol. The topological polar surface area (TPSA) is 52.0 Å². The van der Waals surface area contributed by atoms with Gasteiger partial charge in [0.15, 0.2) is 17.5 Å². The molecule has 0 radical (unpaired) electrons. The van der Waals surface area contributed by atoms with Gasteiger partial charge >= 0.3 is 0 Å². The van der Waals surface area contributed by atoms with E-state index in [2.05, 4.69) is 15.9 Å². The molecule has 0 heterocycles. The number of rotatable bonds is 0. The minimum absolute atomic E-state index is 0.557. The summed E-state index contributed by atoms with van der Waals surface area (Å²) >= 11 is 2.54. The van der Waals surface area contributed by atoms with E-state index in [0.717, 1.165) is 0 Å². The van der Waals surface area contributed by atoms with Crippen LogP contribution < -0.4 is 11.5 Å². The molecule has 66 valence electrons. The Labute approximate surface area is 74.5 Å². The maximum atomic E-state index is 12.7. The molecule has 6 heteroatoms. The molecule has 4 N–H and O–H groups in total. The van der Waals surface area contributed by atoms with E-state index >= 15 is 0 Å². The summed E-state index contributed by atoms with van der Waals surface area (Å²) in [5.74, 6) is -3.63. The molecular formula is C6H4BrF3N2. The van der Waals surface area contributed by atoms with Crippen molar-refractivity contribution in [2.24, 2.45) is 0 Å². The van der Waals surface area contributed by atoms with Crippen molar-refractivity contribution in [3.8, 4) is 0 Å². The molecule has 0 saturated heterocycles. The predicted molar refractivity (Wildman–Crippen MR) is 42.8 cm³/mol. The molecule has 0 fully saturated rings. The Morgan fingerprint density at radius 2 is 1.17 bits per heavy atom. The lowest BCUT2D eigenvalue weighted by Gasteiger charge is -2.05. The number of hydrogen-bond donors (Lipinski definition) is 2. The highest BCUT2D eigenvalue weighted by atomic mass is 79.9. The van der Waals surface area contributed by atoms with Crippen molar-refractivity contribution in [2.45, 2.75) is 0 Å². The first-order chi connectivity index (χ1) is 5.46. The molecule has 0 aliphatic heterocycles. The van der Waals surface area contributed by atoms with Crippen LogP contribution in [0.5, 0.6) is 0 Å². The van der Waals surface area contributed by atoms with Crippen LogP contribution in [0.1, 0.15) is 0 Å². The second-order valence-electron chi connectivity index (χ2n) is 2.08. The fourth-order valence-corrected chi connectivity index (χ4v) is 1.10. The fraction of sp³-hybridized carbons (Fsp3) is 0. The summed E-state index contributed by atoms with van der Waals surface area (Å²) in [5, 5.41) is 0. The molecule has 0 aliphatic carbocycles. The fourth-order valence-electron chi connectivity index (χ4n) is 0.671. The highest BCUT2D eigenvalue weighted by Crippen LogP contribution is 2.31. The van der Waals surface area contributed by atoms with Gasteiger partial charge < -0.3 is 11.5 Å². The van der Waals surface area contributed by atoms with Gasteiger partial charge in [0.25, 0.3) is 0 Å². The molecule has 2 nitrogen and oxygen atoms in total. The van der Waals surface area contributed by atoms with E-state index in [1.54, 1.807) is 0 Å². The van der Waals surface area contributed by atoms with Gasteiger partial charge in [-0.15, -0.1) is 0 Å². The first-order valence-electron chi connectivity index (χ1n) is 2.83. The minimum Gasteiger partial charge on any atom is -0.394 e. The molecule has 0 aromatic heterocycles.